The third kappa shape index (κ3) is 3.57. The van der Waals surface area contributed by atoms with Crippen LogP contribution in [-0.2, 0) is 12.3 Å². The number of benzene rings is 2. The first-order valence-electron chi connectivity index (χ1n) is 9.31. The van der Waals surface area contributed by atoms with Gasteiger partial charge in [0.2, 0.25) is 0 Å². The third-order valence-electron chi connectivity index (χ3n) is 4.57. The minimum Gasteiger partial charge on any atom is -0.383 e. The van der Waals surface area contributed by atoms with Crippen LogP contribution >= 0.6 is 11.8 Å². The maximum Gasteiger partial charge on any atom is 0.262 e. The van der Waals surface area contributed by atoms with Gasteiger partial charge in [0.25, 0.3) is 5.56 Å². The first-order chi connectivity index (χ1) is 13.7. The molecule has 0 unspecified atom stereocenters. The van der Waals surface area contributed by atoms with Crippen molar-refractivity contribution in [3.05, 3.63) is 64.7 Å². The van der Waals surface area contributed by atoms with E-state index in [2.05, 4.69) is 16.9 Å². The molecule has 0 fully saturated rings. The van der Waals surface area contributed by atoms with E-state index in [4.69, 9.17) is 10.7 Å². The van der Waals surface area contributed by atoms with Crippen molar-refractivity contribution in [2.75, 3.05) is 5.73 Å². The number of para-hydroxylation sites is 2. The van der Waals surface area contributed by atoms with E-state index < -0.39 is 0 Å². The second-order valence-corrected chi connectivity index (χ2v) is 7.50. The predicted molar refractivity (Wildman–Crippen MR) is 114 cm³/mol. The molecule has 0 atom stereocenters. The number of nitrogen functional groups attached to an aromatic ring is 1. The lowest BCUT2D eigenvalue weighted by atomic mass is 10.2. The van der Waals surface area contributed by atoms with E-state index in [0.29, 0.717) is 40.0 Å². The highest BCUT2D eigenvalue weighted by Gasteiger charge is 2.13. The maximum absolute atomic E-state index is 13.0. The summed E-state index contributed by atoms with van der Waals surface area (Å²) in [4.78, 5) is 26.7. The van der Waals surface area contributed by atoms with Gasteiger partial charge >= 0.3 is 0 Å². The third-order valence-corrected chi connectivity index (χ3v) is 5.54. The molecule has 7 heteroatoms. The van der Waals surface area contributed by atoms with Crippen molar-refractivity contribution >= 4 is 39.4 Å². The highest BCUT2D eigenvalue weighted by atomic mass is 32.2. The highest BCUT2D eigenvalue weighted by molar-refractivity contribution is 7.98. The van der Waals surface area contributed by atoms with E-state index in [-0.39, 0.29) is 5.56 Å². The Labute approximate surface area is 166 Å². The van der Waals surface area contributed by atoms with Crippen LogP contribution in [0.2, 0.25) is 0 Å². The molecule has 2 heterocycles. The molecular weight excluding hydrogens is 370 g/mol. The summed E-state index contributed by atoms with van der Waals surface area (Å²) in [6.45, 7) is 2.76. The molecule has 6 nitrogen and oxygen atoms in total. The zero-order valence-electron chi connectivity index (χ0n) is 15.6. The quantitative estimate of drug-likeness (QED) is 0.395. The van der Waals surface area contributed by atoms with Crippen LogP contribution in [0.5, 0.6) is 0 Å². The van der Waals surface area contributed by atoms with Gasteiger partial charge in [0.1, 0.15) is 11.6 Å². The normalized spacial score (nSPS) is 11.3. The molecule has 142 valence electrons. The van der Waals surface area contributed by atoms with Gasteiger partial charge in [0, 0.05) is 11.9 Å². The minimum atomic E-state index is 0.000457. The summed E-state index contributed by atoms with van der Waals surface area (Å²) in [5, 5.41) is 2.18. The van der Waals surface area contributed by atoms with Crippen molar-refractivity contribution in [2.24, 2.45) is 0 Å². The Morgan fingerprint density at radius 3 is 2.39 bits per heavy atom. The van der Waals surface area contributed by atoms with Crippen molar-refractivity contribution in [2.45, 2.75) is 37.2 Å². The monoisotopic (exact) mass is 391 g/mol. The smallest absolute Gasteiger partial charge is 0.262 e. The Balaban J connectivity index is 1.70. The fraction of sp³-hybridized carbons (Fsp3) is 0.238. The van der Waals surface area contributed by atoms with E-state index in [9.17, 15) is 4.79 Å². The SMILES string of the molecule is CCCCn1c(SCc2nc(N)c3ccccc3n2)nc2ccccc2c1=O. The Hall–Kier alpha value is -2.93. The number of fused-ring (bicyclic) bond motifs is 2. The lowest BCUT2D eigenvalue weighted by molar-refractivity contribution is 0.557. The second kappa shape index (κ2) is 7.98. The van der Waals surface area contributed by atoms with Crippen molar-refractivity contribution in [3.8, 4) is 0 Å². The van der Waals surface area contributed by atoms with Gasteiger partial charge in [-0.3, -0.25) is 9.36 Å². The molecule has 2 aromatic heterocycles. The van der Waals surface area contributed by atoms with Gasteiger partial charge in [-0.25, -0.2) is 15.0 Å². The van der Waals surface area contributed by atoms with Gasteiger partial charge in [0.05, 0.1) is 22.2 Å². The lowest BCUT2D eigenvalue weighted by Gasteiger charge is -2.12. The van der Waals surface area contributed by atoms with Crippen LogP contribution in [0.25, 0.3) is 21.8 Å². The van der Waals surface area contributed by atoms with Crippen molar-refractivity contribution < 1.29 is 0 Å². The average molecular weight is 392 g/mol. The summed E-state index contributed by atoms with van der Waals surface area (Å²) < 4.78 is 1.76. The van der Waals surface area contributed by atoms with Crippen molar-refractivity contribution in [1.82, 2.24) is 19.5 Å². The summed E-state index contributed by atoms with van der Waals surface area (Å²) in [6, 6.07) is 15.1. The minimum absolute atomic E-state index is 0.000457. The zero-order chi connectivity index (χ0) is 19.5. The number of thioether (sulfide) groups is 1. The molecule has 0 amide bonds. The number of nitrogens with zero attached hydrogens (tertiary/aromatic N) is 4. The number of anilines is 1. The number of hydrogen-bond donors (Lipinski definition) is 1. The van der Waals surface area contributed by atoms with E-state index in [1.54, 1.807) is 4.57 Å². The molecule has 0 bridgehead atoms. The van der Waals surface area contributed by atoms with Crippen LogP contribution in [0.15, 0.2) is 58.5 Å². The van der Waals surface area contributed by atoms with Crippen molar-refractivity contribution in [3.63, 3.8) is 0 Å². The summed E-state index contributed by atoms with van der Waals surface area (Å²) >= 11 is 1.47. The fourth-order valence-electron chi connectivity index (χ4n) is 3.12. The molecule has 2 aromatic carbocycles. The molecule has 28 heavy (non-hydrogen) atoms. The Kier molecular flexibility index (Phi) is 5.25. The number of rotatable bonds is 6. The number of nitrogens with two attached hydrogens (primary N) is 1. The van der Waals surface area contributed by atoms with Crippen LogP contribution in [0.4, 0.5) is 5.82 Å². The summed E-state index contributed by atoms with van der Waals surface area (Å²) in [6.07, 6.45) is 1.93. The highest BCUT2D eigenvalue weighted by Crippen LogP contribution is 2.24. The van der Waals surface area contributed by atoms with E-state index >= 15 is 0 Å². The summed E-state index contributed by atoms with van der Waals surface area (Å²) in [5.74, 6) is 1.59. The molecule has 4 rings (SSSR count). The molecule has 0 aliphatic rings. The second-order valence-electron chi connectivity index (χ2n) is 6.55. The van der Waals surface area contributed by atoms with Crippen LogP contribution in [0.3, 0.4) is 0 Å². The molecule has 0 saturated heterocycles. The zero-order valence-corrected chi connectivity index (χ0v) is 16.4. The van der Waals surface area contributed by atoms with Gasteiger partial charge < -0.3 is 5.73 Å². The van der Waals surface area contributed by atoms with Crippen molar-refractivity contribution in [1.29, 1.82) is 0 Å². The molecule has 0 spiro atoms. The molecule has 0 aliphatic heterocycles. The number of aromatic nitrogens is 4. The number of hydrogen-bond acceptors (Lipinski definition) is 6. The average Bonchev–Trinajstić information content (AvgIpc) is 2.72. The standard InChI is InChI=1S/C21H21N5OS/c1-2-3-12-26-20(27)15-9-5-7-11-17(15)24-21(26)28-13-18-23-16-10-6-4-8-14(16)19(22)25-18/h4-11H,2-3,12-13H2,1H3,(H2,22,23,25). The fourth-order valence-corrected chi connectivity index (χ4v) is 4.00. The van der Waals surface area contributed by atoms with Crippen LogP contribution in [0.1, 0.15) is 25.6 Å². The van der Waals surface area contributed by atoms with Gasteiger partial charge in [-0.2, -0.15) is 0 Å². The Morgan fingerprint density at radius 1 is 0.964 bits per heavy atom. The molecule has 0 saturated carbocycles. The van der Waals surface area contributed by atoms with Gasteiger partial charge in [-0.1, -0.05) is 49.4 Å². The molecular formula is C21H21N5OS. The Bertz CT molecular complexity index is 1200. The van der Waals surface area contributed by atoms with Gasteiger partial charge in [-0.05, 0) is 30.7 Å². The van der Waals surface area contributed by atoms with Gasteiger partial charge in [-0.15, -0.1) is 0 Å². The van der Waals surface area contributed by atoms with E-state index in [1.807, 2.05) is 48.5 Å². The summed E-state index contributed by atoms with van der Waals surface area (Å²) in [7, 11) is 0. The molecule has 0 radical (unpaired) electrons. The van der Waals surface area contributed by atoms with Crippen LogP contribution in [-0.4, -0.2) is 19.5 Å². The van der Waals surface area contributed by atoms with E-state index in [1.165, 1.54) is 11.8 Å². The summed E-state index contributed by atoms with van der Waals surface area (Å²) in [5.41, 5.74) is 7.62. The molecule has 4 aromatic rings. The largest absolute Gasteiger partial charge is 0.383 e. The first-order valence-corrected chi connectivity index (χ1v) is 10.3. The molecule has 2 N–H and O–H groups in total. The molecule has 0 aliphatic carbocycles. The van der Waals surface area contributed by atoms with Crippen LogP contribution in [0, 0.1) is 0 Å². The van der Waals surface area contributed by atoms with E-state index in [0.717, 1.165) is 23.7 Å². The van der Waals surface area contributed by atoms with Gasteiger partial charge in [0.15, 0.2) is 5.16 Å². The Morgan fingerprint density at radius 2 is 1.64 bits per heavy atom. The maximum atomic E-state index is 13.0. The number of unbranched alkanes of at least 4 members (excludes halogenated alkanes) is 1. The topological polar surface area (TPSA) is 86.7 Å². The lowest BCUT2D eigenvalue weighted by Crippen LogP contribution is -2.23. The first kappa shape index (κ1) is 18.4. The van der Waals surface area contributed by atoms with Crippen LogP contribution < -0.4 is 11.3 Å². The predicted octanol–water partition coefficient (Wildman–Crippen LogP) is 4.01.